The Hall–Kier alpha value is -1.79. The second-order valence-corrected chi connectivity index (χ2v) is 6.00. The lowest BCUT2D eigenvalue weighted by Gasteiger charge is -2.18. The van der Waals surface area contributed by atoms with Crippen molar-refractivity contribution in [1.82, 2.24) is 9.97 Å². The minimum absolute atomic E-state index is 0.0130. The molecule has 3 rings (SSSR count). The highest BCUT2D eigenvalue weighted by molar-refractivity contribution is 8.00. The van der Waals surface area contributed by atoms with E-state index in [-0.39, 0.29) is 5.25 Å². The molecule has 1 aliphatic rings. The van der Waals surface area contributed by atoms with Crippen LogP contribution in [0.2, 0.25) is 0 Å². The smallest absolute Gasteiger partial charge is 0.241 e. The number of hydrogen-bond donors (Lipinski definition) is 1. The van der Waals surface area contributed by atoms with Gasteiger partial charge in [0, 0.05) is 10.1 Å². The first kappa shape index (κ1) is 14.2. The van der Waals surface area contributed by atoms with E-state index in [9.17, 15) is 5.11 Å². The van der Waals surface area contributed by atoms with Crippen LogP contribution >= 0.6 is 11.8 Å². The molecule has 0 saturated heterocycles. The number of aliphatic hydroxyl groups excluding tert-OH is 1. The molecule has 2 unspecified atom stereocenters. The first-order valence-corrected chi connectivity index (χ1v) is 7.48. The van der Waals surface area contributed by atoms with E-state index in [0.717, 1.165) is 6.42 Å². The summed E-state index contributed by atoms with van der Waals surface area (Å²) in [4.78, 5) is 9.64. The molecule has 1 aromatic heterocycles. The third-order valence-corrected chi connectivity index (χ3v) is 4.83. The lowest BCUT2D eigenvalue weighted by molar-refractivity contribution is 0.164. The van der Waals surface area contributed by atoms with Gasteiger partial charge in [-0.05, 0) is 18.1 Å². The first-order chi connectivity index (χ1) is 10.2. The fourth-order valence-corrected chi connectivity index (χ4v) is 3.69. The molecule has 2 heterocycles. The highest BCUT2D eigenvalue weighted by Crippen LogP contribution is 2.43. The first-order valence-electron chi connectivity index (χ1n) is 6.60. The number of fused-ring (bicyclic) bond motifs is 1. The molecule has 2 atom stereocenters. The molecule has 6 heteroatoms. The Balaban J connectivity index is 1.85. The summed E-state index contributed by atoms with van der Waals surface area (Å²) < 4.78 is 10.2. The molecular weight excluding hydrogens is 288 g/mol. The highest BCUT2D eigenvalue weighted by atomic mass is 32.2. The van der Waals surface area contributed by atoms with Crippen molar-refractivity contribution in [2.24, 2.45) is 0 Å². The molecule has 0 radical (unpaired) electrons. The van der Waals surface area contributed by atoms with Crippen LogP contribution < -0.4 is 9.47 Å². The number of thioether (sulfide) groups is 1. The van der Waals surface area contributed by atoms with Gasteiger partial charge in [-0.1, -0.05) is 18.2 Å². The molecule has 1 aliphatic heterocycles. The monoisotopic (exact) mass is 304 g/mol. The van der Waals surface area contributed by atoms with Gasteiger partial charge >= 0.3 is 0 Å². The van der Waals surface area contributed by atoms with Gasteiger partial charge in [-0.15, -0.1) is 11.8 Å². The predicted octanol–water partition coefficient (Wildman–Crippen LogP) is 2.24. The van der Waals surface area contributed by atoms with Gasteiger partial charge < -0.3 is 14.6 Å². The van der Waals surface area contributed by atoms with Gasteiger partial charge in [-0.25, -0.2) is 4.98 Å². The molecule has 0 bridgehead atoms. The second-order valence-electron chi connectivity index (χ2n) is 4.72. The van der Waals surface area contributed by atoms with Crippen LogP contribution in [0, 0.1) is 0 Å². The fraction of sp³-hybridized carbons (Fsp3) is 0.333. The van der Waals surface area contributed by atoms with Gasteiger partial charge in [0.05, 0.1) is 20.4 Å². The molecule has 5 nitrogen and oxygen atoms in total. The third kappa shape index (κ3) is 2.69. The minimum atomic E-state index is -0.740. The van der Waals surface area contributed by atoms with E-state index in [1.807, 2.05) is 12.1 Å². The molecule has 21 heavy (non-hydrogen) atoms. The molecule has 0 aliphatic carbocycles. The Bertz CT molecular complexity index is 626. The number of aromatic nitrogens is 2. The molecule has 0 spiro atoms. The quantitative estimate of drug-likeness (QED) is 0.934. The van der Waals surface area contributed by atoms with Crippen molar-refractivity contribution in [2.75, 3.05) is 14.2 Å². The Kier molecular flexibility index (Phi) is 3.98. The molecule has 0 saturated carbocycles. The third-order valence-electron chi connectivity index (χ3n) is 3.45. The van der Waals surface area contributed by atoms with Crippen molar-refractivity contribution in [1.29, 1.82) is 0 Å². The Labute approximate surface area is 127 Å². The molecule has 0 amide bonds. The van der Waals surface area contributed by atoms with E-state index in [0.29, 0.717) is 17.5 Å². The van der Waals surface area contributed by atoms with Crippen LogP contribution in [0.1, 0.15) is 17.4 Å². The van der Waals surface area contributed by atoms with E-state index in [1.165, 1.54) is 30.9 Å². The maximum Gasteiger partial charge on any atom is 0.241 e. The summed E-state index contributed by atoms with van der Waals surface area (Å²) in [5, 5.41) is 10.6. The zero-order chi connectivity index (χ0) is 14.8. The molecule has 1 N–H and O–H groups in total. The van der Waals surface area contributed by atoms with Gasteiger partial charge in [0.25, 0.3) is 0 Å². The maximum absolute atomic E-state index is 10.6. The van der Waals surface area contributed by atoms with Gasteiger partial charge in [0.2, 0.25) is 11.8 Å². The van der Waals surface area contributed by atoms with Crippen molar-refractivity contribution < 1.29 is 14.6 Å². The topological polar surface area (TPSA) is 64.5 Å². The summed E-state index contributed by atoms with van der Waals surface area (Å²) in [6, 6.07) is 8.19. The number of nitrogens with zero attached hydrogens (tertiary/aromatic N) is 2. The van der Waals surface area contributed by atoms with Gasteiger partial charge in [0.15, 0.2) is 0 Å². The van der Waals surface area contributed by atoms with E-state index in [2.05, 4.69) is 22.1 Å². The van der Waals surface area contributed by atoms with Gasteiger partial charge in [-0.2, -0.15) is 4.98 Å². The standard InChI is InChI=1S/C15H16N2O3S/c1-19-12-8-16-13(15(17-12)20-2)14(18)11-7-9-5-3-4-6-10(9)21-11/h3-6,8,11,14,18H,7H2,1-2H3. The van der Waals surface area contributed by atoms with Crippen LogP contribution in [0.4, 0.5) is 0 Å². The highest BCUT2D eigenvalue weighted by Gasteiger charge is 2.32. The van der Waals surface area contributed by atoms with Crippen molar-refractivity contribution in [3.05, 3.63) is 41.7 Å². The maximum atomic E-state index is 10.6. The van der Waals surface area contributed by atoms with Crippen LogP contribution in [0.15, 0.2) is 35.4 Å². The van der Waals surface area contributed by atoms with Crippen LogP contribution in [0.5, 0.6) is 11.8 Å². The minimum Gasteiger partial charge on any atom is -0.480 e. The number of ether oxygens (including phenoxy) is 2. The van der Waals surface area contributed by atoms with Crippen LogP contribution in [0.3, 0.4) is 0 Å². The van der Waals surface area contributed by atoms with Crippen LogP contribution in [-0.4, -0.2) is 34.5 Å². The molecule has 110 valence electrons. The number of hydrogen-bond acceptors (Lipinski definition) is 6. The van der Waals surface area contributed by atoms with Crippen molar-refractivity contribution in [3.8, 4) is 11.8 Å². The van der Waals surface area contributed by atoms with Crippen LogP contribution in [-0.2, 0) is 6.42 Å². The predicted molar refractivity (Wildman–Crippen MR) is 79.9 cm³/mol. The average molecular weight is 304 g/mol. The summed E-state index contributed by atoms with van der Waals surface area (Å²) in [5.41, 5.74) is 1.70. The lowest BCUT2D eigenvalue weighted by atomic mass is 10.0. The van der Waals surface area contributed by atoms with Gasteiger partial charge in [0.1, 0.15) is 11.8 Å². The summed E-state index contributed by atoms with van der Waals surface area (Å²) in [6.45, 7) is 0. The number of methoxy groups -OCH3 is 2. The zero-order valence-electron chi connectivity index (χ0n) is 11.8. The fourth-order valence-electron chi connectivity index (χ4n) is 2.38. The molecule has 1 aromatic carbocycles. The van der Waals surface area contributed by atoms with Crippen molar-refractivity contribution >= 4 is 11.8 Å². The van der Waals surface area contributed by atoms with E-state index in [1.54, 1.807) is 11.8 Å². The number of benzene rings is 1. The normalized spacial score (nSPS) is 18.1. The SMILES string of the molecule is COc1cnc(C(O)C2Cc3ccccc3S2)c(OC)n1. The summed E-state index contributed by atoms with van der Waals surface area (Å²) in [5.74, 6) is 0.670. The van der Waals surface area contributed by atoms with Crippen molar-refractivity contribution in [3.63, 3.8) is 0 Å². The van der Waals surface area contributed by atoms with Crippen molar-refractivity contribution in [2.45, 2.75) is 22.7 Å². The Morgan fingerprint density at radius 3 is 2.81 bits per heavy atom. The van der Waals surface area contributed by atoms with Gasteiger partial charge in [-0.3, -0.25) is 0 Å². The largest absolute Gasteiger partial charge is 0.480 e. The van der Waals surface area contributed by atoms with E-state index in [4.69, 9.17) is 9.47 Å². The average Bonchev–Trinajstić information content (AvgIpc) is 2.97. The Morgan fingerprint density at radius 2 is 2.10 bits per heavy atom. The van der Waals surface area contributed by atoms with Crippen LogP contribution in [0.25, 0.3) is 0 Å². The summed E-state index contributed by atoms with van der Waals surface area (Å²) in [6.07, 6.45) is 1.56. The van der Waals surface area contributed by atoms with E-state index >= 15 is 0 Å². The molecule has 0 fully saturated rings. The molecule has 2 aromatic rings. The number of aliphatic hydroxyl groups is 1. The Morgan fingerprint density at radius 1 is 1.29 bits per heavy atom. The summed E-state index contributed by atoms with van der Waals surface area (Å²) in [7, 11) is 3.03. The summed E-state index contributed by atoms with van der Waals surface area (Å²) >= 11 is 1.66. The zero-order valence-corrected chi connectivity index (χ0v) is 12.6. The van der Waals surface area contributed by atoms with E-state index < -0.39 is 6.10 Å². The number of rotatable bonds is 4. The molecular formula is C15H16N2O3S. The second kappa shape index (κ2) is 5.91. The lowest BCUT2D eigenvalue weighted by Crippen LogP contribution is -2.17.